The van der Waals surface area contributed by atoms with E-state index in [-0.39, 0.29) is 5.78 Å². The molecule has 0 aliphatic rings. The average Bonchev–Trinajstić information content (AvgIpc) is 2.44. The summed E-state index contributed by atoms with van der Waals surface area (Å²) >= 11 is 2.15. The summed E-state index contributed by atoms with van der Waals surface area (Å²) in [4.78, 5) is 11.8. The molecule has 1 rings (SSSR count). The molecule has 0 aliphatic carbocycles. The molecule has 0 bridgehead atoms. The second kappa shape index (κ2) is 9.30. The molecule has 0 spiro atoms. The number of benzene rings is 1. The molecule has 0 amide bonds. The molecule has 1 aromatic carbocycles. The van der Waals surface area contributed by atoms with E-state index in [2.05, 4.69) is 51.5 Å². The molecule has 0 saturated heterocycles. The van der Waals surface area contributed by atoms with Gasteiger partial charge in [-0.25, -0.2) is 0 Å². The lowest BCUT2D eigenvalue weighted by Gasteiger charge is -2.17. The van der Waals surface area contributed by atoms with Crippen LogP contribution in [0.4, 0.5) is 5.69 Å². The van der Waals surface area contributed by atoms with Gasteiger partial charge >= 0.3 is 0 Å². The first kappa shape index (κ1) is 17.4. The second-order valence-corrected chi connectivity index (χ2v) is 6.49. The molecule has 0 radical (unpaired) electrons. The summed E-state index contributed by atoms with van der Waals surface area (Å²) in [6.07, 6.45) is 2.03. The summed E-state index contributed by atoms with van der Waals surface area (Å²) in [6, 6.07) is 5.88. The highest BCUT2D eigenvalue weighted by Gasteiger charge is 2.13. The number of anilines is 1. The Morgan fingerprint density at radius 3 is 2.85 bits per heavy atom. The summed E-state index contributed by atoms with van der Waals surface area (Å²) in [5, 5.41) is 6.28. The number of carbonyl (C=O) groups is 1. The third kappa shape index (κ3) is 5.37. The minimum atomic E-state index is 0.126. The molecule has 20 heavy (non-hydrogen) atoms. The molecule has 2 nitrogen and oxygen atoms in total. The number of Topliss-reactive ketones (excluding diaryl/α,β-unsaturated/α-hetero) is 1. The molecule has 1 N–H and O–H groups in total. The van der Waals surface area contributed by atoms with Gasteiger partial charge in [0.25, 0.3) is 0 Å². The zero-order valence-corrected chi connectivity index (χ0v) is 15.1. The van der Waals surface area contributed by atoms with Gasteiger partial charge < -0.3 is 5.32 Å². The van der Waals surface area contributed by atoms with Crippen LogP contribution < -0.4 is 5.32 Å². The van der Waals surface area contributed by atoms with Crippen molar-refractivity contribution in [1.82, 2.24) is 0 Å². The number of halogens is 1. The van der Waals surface area contributed by atoms with Crippen molar-refractivity contribution in [2.24, 2.45) is 5.92 Å². The van der Waals surface area contributed by atoms with Crippen molar-refractivity contribution in [2.75, 3.05) is 11.9 Å². The van der Waals surface area contributed by atoms with E-state index in [1.165, 1.54) is 8.93 Å². The number of rotatable bonds is 6. The van der Waals surface area contributed by atoms with Crippen molar-refractivity contribution >= 4 is 41.6 Å². The van der Waals surface area contributed by atoms with Gasteiger partial charge in [-0.2, -0.15) is 0 Å². The van der Waals surface area contributed by atoms with Crippen LogP contribution in [0.3, 0.4) is 0 Å². The van der Waals surface area contributed by atoms with Crippen LogP contribution in [0.2, 0.25) is 0 Å². The normalized spacial score (nSPS) is 11.4. The van der Waals surface area contributed by atoms with Gasteiger partial charge in [-0.3, -0.25) is 4.79 Å². The highest BCUT2D eigenvalue weighted by atomic mass is 127. The Kier molecular flexibility index (Phi) is 8.08. The standard InChI is InChI=1S/C16H20INOS/c1-4-12(2)11-15-14(13(3)19)7-5-8-16(15)18-9-6-10-20-17/h5,7-8,12,18H,4,9,11H2,1-3H3. The molecule has 0 aromatic heterocycles. The second-order valence-electron chi connectivity index (χ2n) is 4.81. The zero-order valence-electron chi connectivity index (χ0n) is 12.1. The summed E-state index contributed by atoms with van der Waals surface area (Å²) in [7, 11) is 1.48. The highest BCUT2D eigenvalue weighted by Crippen LogP contribution is 2.25. The van der Waals surface area contributed by atoms with E-state index in [1.54, 1.807) is 6.92 Å². The maximum absolute atomic E-state index is 11.8. The molecule has 0 aliphatic heterocycles. The number of hydrogen-bond donors (Lipinski definition) is 1. The summed E-state index contributed by atoms with van der Waals surface area (Å²) in [5.41, 5.74) is 2.98. The zero-order chi connectivity index (χ0) is 15.0. The number of carbonyl (C=O) groups excluding carboxylic acids is 1. The quantitative estimate of drug-likeness (QED) is 0.416. The monoisotopic (exact) mass is 401 g/mol. The maximum atomic E-state index is 11.8. The minimum Gasteiger partial charge on any atom is -0.374 e. The summed E-state index contributed by atoms with van der Waals surface area (Å²) in [5.74, 6) is 3.72. The lowest BCUT2D eigenvalue weighted by atomic mass is 9.92. The van der Waals surface area contributed by atoms with Gasteiger partial charge in [-0.1, -0.05) is 38.3 Å². The van der Waals surface area contributed by atoms with Crippen LogP contribution in [0.1, 0.15) is 43.1 Å². The van der Waals surface area contributed by atoms with E-state index in [0.29, 0.717) is 12.5 Å². The molecule has 1 atom stereocenters. The topological polar surface area (TPSA) is 29.1 Å². The fourth-order valence-electron chi connectivity index (χ4n) is 2.00. The number of hydrogen-bond acceptors (Lipinski definition) is 3. The number of ketones is 1. The molecular weight excluding hydrogens is 381 g/mol. The summed E-state index contributed by atoms with van der Waals surface area (Å²) < 4.78 is 0. The first-order chi connectivity index (χ1) is 9.60. The van der Waals surface area contributed by atoms with Crippen LogP contribution in [0.5, 0.6) is 0 Å². The van der Waals surface area contributed by atoms with Crippen molar-refractivity contribution in [3.63, 3.8) is 0 Å². The Bertz CT molecular complexity index is 519. The van der Waals surface area contributed by atoms with E-state index >= 15 is 0 Å². The highest BCUT2D eigenvalue weighted by molar-refractivity contribution is 14.2. The predicted octanol–water partition coefficient (Wildman–Crippen LogP) is 4.93. The molecule has 0 fully saturated rings. The predicted molar refractivity (Wildman–Crippen MR) is 97.5 cm³/mol. The fourth-order valence-corrected chi connectivity index (χ4v) is 2.59. The van der Waals surface area contributed by atoms with Gasteiger partial charge in [0.2, 0.25) is 0 Å². The van der Waals surface area contributed by atoms with Gasteiger partial charge in [0, 0.05) is 32.5 Å². The van der Waals surface area contributed by atoms with Crippen molar-refractivity contribution in [3.8, 4) is 11.2 Å². The molecular formula is C16H20INOS. The molecule has 108 valence electrons. The molecule has 1 unspecified atom stereocenters. The minimum absolute atomic E-state index is 0.126. The lowest BCUT2D eigenvalue weighted by molar-refractivity contribution is 0.101. The van der Waals surface area contributed by atoms with E-state index in [1.807, 2.05) is 18.2 Å². The van der Waals surface area contributed by atoms with Crippen LogP contribution >= 0.6 is 30.1 Å². The van der Waals surface area contributed by atoms with Crippen LogP contribution in [0.15, 0.2) is 18.2 Å². The number of nitrogens with one attached hydrogen (secondary N) is 1. The Morgan fingerprint density at radius 1 is 1.50 bits per heavy atom. The van der Waals surface area contributed by atoms with E-state index in [0.717, 1.165) is 29.7 Å². The van der Waals surface area contributed by atoms with E-state index < -0.39 is 0 Å². The van der Waals surface area contributed by atoms with Crippen molar-refractivity contribution in [3.05, 3.63) is 29.3 Å². The Balaban J connectivity index is 3.02. The largest absolute Gasteiger partial charge is 0.374 e. The van der Waals surface area contributed by atoms with Crippen LogP contribution in [0.25, 0.3) is 0 Å². The van der Waals surface area contributed by atoms with Crippen LogP contribution in [-0.2, 0) is 6.42 Å². The maximum Gasteiger partial charge on any atom is 0.160 e. The van der Waals surface area contributed by atoms with Gasteiger partial charge in [0.1, 0.15) is 0 Å². The van der Waals surface area contributed by atoms with Crippen LogP contribution in [-0.4, -0.2) is 12.3 Å². The van der Waals surface area contributed by atoms with Gasteiger partial charge in [0.05, 0.1) is 6.54 Å². The third-order valence-electron chi connectivity index (χ3n) is 3.28. The molecule has 0 saturated carbocycles. The third-order valence-corrected chi connectivity index (χ3v) is 4.16. The van der Waals surface area contributed by atoms with Gasteiger partial charge in [-0.15, -0.1) is 0 Å². The van der Waals surface area contributed by atoms with E-state index in [9.17, 15) is 4.79 Å². The van der Waals surface area contributed by atoms with Gasteiger partial charge in [-0.05, 0) is 45.1 Å². The lowest BCUT2D eigenvalue weighted by Crippen LogP contribution is -2.10. The molecule has 1 aromatic rings. The van der Waals surface area contributed by atoms with Crippen molar-refractivity contribution < 1.29 is 4.79 Å². The first-order valence-corrected chi connectivity index (χ1v) is 10.1. The summed E-state index contributed by atoms with van der Waals surface area (Å²) in [6.45, 7) is 6.63. The fraction of sp³-hybridized carbons (Fsp3) is 0.438. The van der Waals surface area contributed by atoms with E-state index in [4.69, 9.17) is 0 Å². The van der Waals surface area contributed by atoms with Crippen LogP contribution in [0, 0.1) is 17.1 Å². The Labute approximate surface area is 138 Å². The Morgan fingerprint density at radius 2 is 2.25 bits per heavy atom. The van der Waals surface area contributed by atoms with Gasteiger partial charge in [0.15, 0.2) is 5.78 Å². The average molecular weight is 401 g/mol. The first-order valence-electron chi connectivity index (χ1n) is 6.72. The molecule has 0 heterocycles. The molecule has 4 heteroatoms. The van der Waals surface area contributed by atoms with Crippen molar-refractivity contribution in [1.29, 1.82) is 0 Å². The van der Waals surface area contributed by atoms with Crippen molar-refractivity contribution in [2.45, 2.75) is 33.6 Å². The smallest absolute Gasteiger partial charge is 0.160 e. The SMILES string of the molecule is CCC(C)Cc1c(NCC#CSI)cccc1C(C)=O. The Hall–Kier alpha value is -0.670.